The highest BCUT2D eigenvalue weighted by atomic mass is 16.3. The molecule has 0 spiro atoms. The standard InChI is InChI=1S/C15H21N5O2/c1-11-12(9-18(2)17-11)15(22)19-6-3-13(14(21)4-7-19)20-8-5-16-10-20/h5,8-10,13-14,21H,3-4,6-7H2,1-2H3/t13-,14-/m0/s1. The number of likely N-dealkylation sites (tertiary alicyclic amines) is 1. The first-order valence-electron chi connectivity index (χ1n) is 7.51. The molecule has 0 aliphatic carbocycles. The monoisotopic (exact) mass is 303 g/mol. The lowest BCUT2D eigenvalue weighted by Gasteiger charge is -2.21. The molecular weight excluding hydrogens is 282 g/mol. The van der Waals surface area contributed by atoms with E-state index in [0.717, 1.165) is 5.69 Å². The number of aliphatic hydroxyl groups excluding tert-OH is 1. The Balaban J connectivity index is 1.75. The topological polar surface area (TPSA) is 76.2 Å². The fourth-order valence-corrected chi connectivity index (χ4v) is 3.07. The second kappa shape index (κ2) is 5.92. The Morgan fingerprint density at radius 2 is 2.14 bits per heavy atom. The van der Waals surface area contributed by atoms with Crippen molar-refractivity contribution >= 4 is 5.91 Å². The Morgan fingerprint density at radius 3 is 2.77 bits per heavy atom. The van der Waals surface area contributed by atoms with Crippen molar-refractivity contribution in [1.82, 2.24) is 24.2 Å². The van der Waals surface area contributed by atoms with Gasteiger partial charge in [0.05, 0.1) is 29.7 Å². The molecule has 0 radical (unpaired) electrons. The first-order chi connectivity index (χ1) is 10.6. The number of amides is 1. The molecule has 0 unspecified atom stereocenters. The smallest absolute Gasteiger partial charge is 0.257 e. The second-order valence-electron chi connectivity index (χ2n) is 5.82. The zero-order valence-corrected chi connectivity index (χ0v) is 12.9. The summed E-state index contributed by atoms with van der Waals surface area (Å²) in [4.78, 5) is 18.5. The number of hydrogen-bond acceptors (Lipinski definition) is 4. The van der Waals surface area contributed by atoms with E-state index in [1.54, 1.807) is 23.4 Å². The van der Waals surface area contributed by atoms with E-state index in [4.69, 9.17) is 0 Å². The van der Waals surface area contributed by atoms with Gasteiger partial charge in [0.2, 0.25) is 0 Å². The second-order valence-corrected chi connectivity index (χ2v) is 5.82. The van der Waals surface area contributed by atoms with Gasteiger partial charge in [-0.25, -0.2) is 4.98 Å². The van der Waals surface area contributed by atoms with Crippen molar-refractivity contribution in [1.29, 1.82) is 0 Å². The zero-order chi connectivity index (χ0) is 15.7. The van der Waals surface area contributed by atoms with E-state index in [9.17, 15) is 9.90 Å². The Hall–Kier alpha value is -2.15. The van der Waals surface area contributed by atoms with Crippen molar-refractivity contribution in [2.24, 2.45) is 7.05 Å². The van der Waals surface area contributed by atoms with Crippen LogP contribution in [0.25, 0.3) is 0 Å². The number of aliphatic hydroxyl groups is 1. The Bertz CT molecular complexity index is 649. The fourth-order valence-electron chi connectivity index (χ4n) is 3.07. The first kappa shape index (κ1) is 14.8. The average molecular weight is 303 g/mol. The summed E-state index contributed by atoms with van der Waals surface area (Å²) in [5.74, 6) is -0.0101. The minimum atomic E-state index is -0.470. The van der Waals surface area contributed by atoms with Crippen LogP contribution in [0.3, 0.4) is 0 Å². The largest absolute Gasteiger partial charge is 0.391 e. The predicted octanol–water partition coefficient (Wildman–Crippen LogP) is 0.763. The predicted molar refractivity (Wildman–Crippen MR) is 80.4 cm³/mol. The van der Waals surface area contributed by atoms with Crippen molar-refractivity contribution in [3.63, 3.8) is 0 Å². The van der Waals surface area contributed by atoms with Crippen LogP contribution in [0.2, 0.25) is 0 Å². The van der Waals surface area contributed by atoms with Gasteiger partial charge in [0, 0.05) is 38.7 Å². The van der Waals surface area contributed by atoms with Crippen molar-refractivity contribution in [3.8, 4) is 0 Å². The summed E-state index contributed by atoms with van der Waals surface area (Å²) in [6.07, 6.45) is 7.84. The number of aromatic nitrogens is 4. The van der Waals surface area contributed by atoms with Crippen LogP contribution in [0.5, 0.6) is 0 Å². The third-order valence-corrected chi connectivity index (χ3v) is 4.27. The lowest BCUT2D eigenvalue weighted by Crippen LogP contribution is -2.32. The molecule has 1 aliphatic heterocycles. The van der Waals surface area contributed by atoms with Crippen LogP contribution >= 0.6 is 0 Å². The molecule has 0 saturated carbocycles. The summed E-state index contributed by atoms with van der Waals surface area (Å²) >= 11 is 0. The number of carbonyl (C=O) groups excluding carboxylic acids is 1. The lowest BCUT2D eigenvalue weighted by molar-refractivity contribution is 0.0751. The highest BCUT2D eigenvalue weighted by Crippen LogP contribution is 2.24. The van der Waals surface area contributed by atoms with E-state index < -0.39 is 6.10 Å². The SMILES string of the molecule is Cc1nn(C)cc1C(=O)N1CC[C@H](O)[C@@H](n2ccnc2)CC1. The molecule has 1 aliphatic rings. The number of carbonyl (C=O) groups is 1. The van der Waals surface area contributed by atoms with Crippen LogP contribution in [0.1, 0.15) is 34.9 Å². The van der Waals surface area contributed by atoms with Gasteiger partial charge in [0.1, 0.15) is 0 Å². The molecule has 118 valence electrons. The molecule has 0 aromatic carbocycles. The van der Waals surface area contributed by atoms with E-state index in [1.165, 1.54) is 0 Å². The molecule has 0 bridgehead atoms. The van der Waals surface area contributed by atoms with Gasteiger partial charge in [-0.1, -0.05) is 0 Å². The van der Waals surface area contributed by atoms with Gasteiger partial charge in [0.15, 0.2) is 0 Å². The zero-order valence-electron chi connectivity index (χ0n) is 12.9. The van der Waals surface area contributed by atoms with Gasteiger partial charge >= 0.3 is 0 Å². The molecule has 3 rings (SSSR count). The molecule has 7 nitrogen and oxygen atoms in total. The molecule has 1 saturated heterocycles. The minimum Gasteiger partial charge on any atom is -0.391 e. The maximum Gasteiger partial charge on any atom is 0.257 e. The van der Waals surface area contributed by atoms with Crippen LogP contribution < -0.4 is 0 Å². The van der Waals surface area contributed by atoms with Crippen molar-refractivity contribution in [2.45, 2.75) is 31.9 Å². The van der Waals surface area contributed by atoms with Crippen molar-refractivity contribution in [2.75, 3.05) is 13.1 Å². The van der Waals surface area contributed by atoms with E-state index in [1.807, 2.05) is 29.6 Å². The molecule has 2 aromatic rings. The minimum absolute atomic E-state index is 0.0101. The molecule has 1 N–H and O–H groups in total. The van der Waals surface area contributed by atoms with Crippen molar-refractivity contribution < 1.29 is 9.90 Å². The molecule has 2 atom stereocenters. The molecule has 3 heterocycles. The van der Waals surface area contributed by atoms with E-state index >= 15 is 0 Å². The van der Waals surface area contributed by atoms with Gasteiger partial charge in [0.25, 0.3) is 5.91 Å². The molecule has 1 amide bonds. The molecule has 22 heavy (non-hydrogen) atoms. The van der Waals surface area contributed by atoms with E-state index in [2.05, 4.69) is 10.1 Å². The fraction of sp³-hybridized carbons (Fsp3) is 0.533. The van der Waals surface area contributed by atoms with Crippen LogP contribution in [0.15, 0.2) is 24.9 Å². The highest BCUT2D eigenvalue weighted by Gasteiger charge is 2.29. The summed E-state index contributed by atoms with van der Waals surface area (Å²) in [5, 5.41) is 14.6. The highest BCUT2D eigenvalue weighted by molar-refractivity contribution is 5.95. The summed E-state index contributed by atoms with van der Waals surface area (Å²) in [7, 11) is 1.81. The van der Waals surface area contributed by atoms with Crippen LogP contribution in [-0.4, -0.2) is 54.4 Å². The van der Waals surface area contributed by atoms with Gasteiger partial charge in [-0.15, -0.1) is 0 Å². The Morgan fingerprint density at radius 1 is 1.36 bits per heavy atom. The Kier molecular flexibility index (Phi) is 3.98. The molecular formula is C15H21N5O2. The maximum absolute atomic E-state index is 12.7. The summed E-state index contributed by atoms with van der Waals surface area (Å²) in [6.45, 7) is 3.01. The van der Waals surface area contributed by atoms with Crippen LogP contribution in [0, 0.1) is 6.92 Å². The Labute approximate surface area is 129 Å². The third kappa shape index (κ3) is 2.76. The quantitative estimate of drug-likeness (QED) is 0.889. The number of imidazole rings is 1. The number of hydrogen-bond donors (Lipinski definition) is 1. The first-order valence-corrected chi connectivity index (χ1v) is 7.51. The van der Waals surface area contributed by atoms with E-state index in [0.29, 0.717) is 31.5 Å². The van der Waals surface area contributed by atoms with Gasteiger partial charge in [-0.2, -0.15) is 5.10 Å². The summed E-state index contributed by atoms with van der Waals surface area (Å²) in [6, 6.07) is -0.0321. The average Bonchev–Trinajstić information content (AvgIpc) is 3.07. The van der Waals surface area contributed by atoms with E-state index in [-0.39, 0.29) is 11.9 Å². The summed E-state index contributed by atoms with van der Waals surface area (Å²) in [5.41, 5.74) is 1.38. The van der Waals surface area contributed by atoms with Gasteiger partial charge < -0.3 is 14.6 Å². The lowest BCUT2D eigenvalue weighted by atomic mass is 10.1. The van der Waals surface area contributed by atoms with Crippen molar-refractivity contribution in [3.05, 3.63) is 36.2 Å². The van der Waals surface area contributed by atoms with Crippen LogP contribution in [0.4, 0.5) is 0 Å². The molecule has 1 fully saturated rings. The number of aryl methyl sites for hydroxylation is 2. The summed E-state index contributed by atoms with van der Waals surface area (Å²) < 4.78 is 3.58. The third-order valence-electron chi connectivity index (χ3n) is 4.27. The van der Waals surface area contributed by atoms with Crippen LogP contribution in [-0.2, 0) is 7.05 Å². The molecule has 7 heteroatoms. The van der Waals surface area contributed by atoms with Gasteiger partial charge in [-0.3, -0.25) is 9.48 Å². The number of nitrogens with zero attached hydrogens (tertiary/aromatic N) is 5. The normalized spacial score (nSPS) is 22.6. The molecule has 2 aromatic heterocycles. The van der Waals surface area contributed by atoms with Gasteiger partial charge in [-0.05, 0) is 19.8 Å². The maximum atomic E-state index is 12.7. The number of rotatable bonds is 2.